The molecule has 22 heavy (non-hydrogen) atoms. The Morgan fingerprint density at radius 2 is 2.05 bits per heavy atom. The van der Waals surface area contributed by atoms with E-state index < -0.39 is 17.6 Å². The van der Waals surface area contributed by atoms with Crippen molar-refractivity contribution in [3.05, 3.63) is 23.6 Å². The Morgan fingerprint density at radius 1 is 1.32 bits per heavy atom. The fraction of sp³-hybridized carbons (Fsp3) is 0.571. The molecule has 1 saturated heterocycles. The summed E-state index contributed by atoms with van der Waals surface area (Å²) in [5.41, 5.74) is -1.11. The second-order valence-corrected chi connectivity index (χ2v) is 5.74. The quantitative estimate of drug-likeness (QED) is 0.871. The number of rotatable bonds is 3. The van der Waals surface area contributed by atoms with Crippen LogP contribution in [0.25, 0.3) is 0 Å². The number of hydrogen-bond donors (Lipinski definition) is 1. The zero-order valence-corrected chi connectivity index (χ0v) is 11.7. The number of carbonyl (C=O) groups excluding carboxylic acids is 1. The van der Waals surface area contributed by atoms with Crippen molar-refractivity contribution in [2.24, 2.45) is 5.92 Å². The van der Waals surface area contributed by atoms with Crippen LogP contribution in [0.4, 0.5) is 23.4 Å². The van der Waals surface area contributed by atoms with Gasteiger partial charge in [-0.1, -0.05) is 0 Å². The van der Waals surface area contributed by atoms with Gasteiger partial charge in [-0.25, -0.2) is 9.37 Å². The Labute approximate surface area is 124 Å². The maximum absolute atomic E-state index is 13.9. The van der Waals surface area contributed by atoms with E-state index in [0.29, 0.717) is 25.2 Å². The van der Waals surface area contributed by atoms with Crippen LogP contribution in [0.5, 0.6) is 0 Å². The van der Waals surface area contributed by atoms with Gasteiger partial charge in [-0.2, -0.15) is 13.2 Å². The molecule has 0 radical (unpaired) electrons. The first kappa shape index (κ1) is 15.1. The summed E-state index contributed by atoms with van der Waals surface area (Å²) < 4.78 is 51.4. The van der Waals surface area contributed by atoms with Crippen LogP contribution < -0.4 is 10.2 Å². The van der Waals surface area contributed by atoms with E-state index in [-0.39, 0.29) is 30.2 Å². The Bertz CT molecular complexity index is 586. The number of anilines is 1. The second kappa shape index (κ2) is 5.40. The van der Waals surface area contributed by atoms with Gasteiger partial charge in [0.25, 0.3) is 0 Å². The second-order valence-electron chi connectivity index (χ2n) is 5.74. The van der Waals surface area contributed by atoms with Crippen LogP contribution in [0, 0.1) is 11.7 Å². The molecule has 2 aliphatic rings. The van der Waals surface area contributed by atoms with Crippen molar-refractivity contribution in [3.63, 3.8) is 0 Å². The average molecular weight is 317 g/mol. The first-order chi connectivity index (χ1) is 10.3. The molecule has 1 saturated carbocycles. The molecular formula is C14H15F4N3O. The van der Waals surface area contributed by atoms with Gasteiger partial charge in [-0.3, -0.25) is 4.79 Å². The van der Waals surface area contributed by atoms with Crippen LogP contribution >= 0.6 is 0 Å². The molecule has 3 rings (SSSR count). The molecule has 1 aliphatic heterocycles. The van der Waals surface area contributed by atoms with Gasteiger partial charge in [0.2, 0.25) is 5.91 Å². The Hall–Kier alpha value is -1.86. The fourth-order valence-corrected chi connectivity index (χ4v) is 2.53. The third-order valence-corrected chi connectivity index (χ3v) is 3.93. The predicted molar refractivity (Wildman–Crippen MR) is 70.7 cm³/mol. The molecule has 120 valence electrons. The molecule has 1 amide bonds. The van der Waals surface area contributed by atoms with Crippen molar-refractivity contribution in [2.75, 3.05) is 18.0 Å². The summed E-state index contributed by atoms with van der Waals surface area (Å²) in [5, 5.41) is 2.88. The minimum atomic E-state index is -4.62. The number of hydrogen-bond acceptors (Lipinski definition) is 3. The normalized spacial score (nSPS) is 22.0. The SMILES string of the molecule is O=C(NC1CC1)C1CCN(c2ncc(C(F)(F)F)cc2F)C1. The van der Waals surface area contributed by atoms with E-state index in [0.717, 1.165) is 12.8 Å². The lowest BCUT2D eigenvalue weighted by atomic mass is 10.1. The van der Waals surface area contributed by atoms with Gasteiger partial charge in [0.1, 0.15) is 0 Å². The van der Waals surface area contributed by atoms with E-state index in [9.17, 15) is 22.4 Å². The molecule has 4 nitrogen and oxygen atoms in total. The topological polar surface area (TPSA) is 45.2 Å². The minimum Gasteiger partial charge on any atom is -0.353 e. The fourth-order valence-electron chi connectivity index (χ4n) is 2.53. The van der Waals surface area contributed by atoms with Gasteiger partial charge >= 0.3 is 6.18 Å². The van der Waals surface area contributed by atoms with E-state index in [1.165, 1.54) is 4.90 Å². The molecule has 1 aromatic rings. The highest BCUT2D eigenvalue weighted by molar-refractivity contribution is 5.80. The summed E-state index contributed by atoms with van der Waals surface area (Å²) in [4.78, 5) is 17.1. The monoisotopic (exact) mass is 317 g/mol. The maximum Gasteiger partial charge on any atom is 0.417 e. The van der Waals surface area contributed by atoms with Crippen molar-refractivity contribution in [1.29, 1.82) is 0 Å². The van der Waals surface area contributed by atoms with E-state index in [4.69, 9.17) is 0 Å². The molecule has 1 aliphatic carbocycles. The minimum absolute atomic E-state index is 0.0719. The highest BCUT2D eigenvalue weighted by Crippen LogP contribution is 2.32. The first-order valence-electron chi connectivity index (χ1n) is 7.12. The molecular weight excluding hydrogens is 302 g/mol. The third-order valence-electron chi connectivity index (χ3n) is 3.93. The summed E-state index contributed by atoms with van der Waals surface area (Å²) >= 11 is 0. The van der Waals surface area contributed by atoms with Crippen molar-refractivity contribution >= 4 is 11.7 Å². The van der Waals surface area contributed by atoms with E-state index in [1.54, 1.807) is 0 Å². The van der Waals surface area contributed by atoms with Crippen molar-refractivity contribution in [2.45, 2.75) is 31.5 Å². The van der Waals surface area contributed by atoms with E-state index in [2.05, 4.69) is 10.3 Å². The zero-order valence-electron chi connectivity index (χ0n) is 11.7. The number of pyridine rings is 1. The van der Waals surface area contributed by atoms with Crippen LogP contribution in [-0.4, -0.2) is 30.0 Å². The number of amides is 1. The molecule has 1 aromatic heterocycles. The van der Waals surface area contributed by atoms with Gasteiger partial charge in [0, 0.05) is 25.3 Å². The highest BCUT2D eigenvalue weighted by atomic mass is 19.4. The van der Waals surface area contributed by atoms with Crippen LogP contribution in [0.15, 0.2) is 12.3 Å². The van der Waals surface area contributed by atoms with Gasteiger partial charge in [-0.05, 0) is 25.3 Å². The molecule has 1 atom stereocenters. The van der Waals surface area contributed by atoms with Crippen molar-refractivity contribution in [3.8, 4) is 0 Å². The third kappa shape index (κ3) is 3.15. The van der Waals surface area contributed by atoms with Gasteiger partial charge in [0.15, 0.2) is 11.6 Å². The number of aromatic nitrogens is 1. The molecule has 1 unspecified atom stereocenters. The van der Waals surface area contributed by atoms with Gasteiger partial charge in [0.05, 0.1) is 11.5 Å². The first-order valence-corrected chi connectivity index (χ1v) is 7.12. The van der Waals surface area contributed by atoms with Gasteiger partial charge in [-0.15, -0.1) is 0 Å². The maximum atomic E-state index is 13.9. The molecule has 1 N–H and O–H groups in total. The Morgan fingerprint density at radius 3 is 2.64 bits per heavy atom. The van der Waals surface area contributed by atoms with Crippen LogP contribution in [-0.2, 0) is 11.0 Å². The molecule has 0 bridgehead atoms. The number of halogens is 4. The smallest absolute Gasteiger partial charge is 0.353 e. The standard InChI is InChI=1S/C14H15F4N3O/c15-11-5-9(14(16,17)18)6-19-12(11)21-4-3-8(7-21)13(22)20-10-1-2-10/h5-6,8,10H,1-4,7H2,(H,20,22). The van der Waals surface area contributed by atoms with Crippen LogP contribution in [0.2, 0.25) is 0 Å². The Balaban J connectivity index is 1.68. The molecule has 0 spiro atoms. The van der Waals surface area contributed by atoms with Crippen molar-refractivity contribution < 1.29 is 22.4 Å². The Kier molecular flexibility index (Phi) is 3.70. The van der Waals surface area contributed by atoms with Crippen molar-refractivity contribution in [1.82, 2.24) is 10.3 Å². The molecule has 8 heteroatoms. The summed E-state index contributed by atoms with van der Waals surface area (Å²) in [6, 6.07) is 0.697. The number of nitrogens with one attached hydrogen (secondary N) is 1. The van der Waals surface area contributed by atoms with Gasteiger partial charge < -0.3 is 10.2 Å². The lowest BCUT2D eigenvalue weighted by Gasteiger charge is -2.19. The highest BCUT2D eigenvalue weighted by Gasteiger charge is 2.35. The molecule has 0 aromatic carbocycles. The summed E-state index contributed by atoms with van der Waals surface area (Å²) in [6.07, 6.45) is -1.49. The van der Waals surface area contributed by atoms with Crippen LogP contribution in [0.3, 0.4) is 0 Å². The number of alkyl halides is 3. The average Bonchev–Trinajstić information content (AvgIpc) is 3.11. The summed E-state index contributed by atoms with van der Waals surface area (Å²) in [6.45, 7) is 0.672. The van der Waals surface area contributed by atoms with E-state index in [1.807, 2.05) is 0 Å². The summed E-state index contributed by atoms with van der Waals surface area (Å²) in [5.74, 6) is -1.49. The number of carbonyl (C=O) groups is 1. The number of nitrogens with zero attached hydrogens (tertiary/aromatic N) is 2. The summed E-state index contributed by atoms with van der Waals surface area (Å²) in [7, 11) is 0. The van der Waals surface area contributed by atoms with Crippen LogP contribution in [0.1, 0.15) is 24.8 Å². The molecule has 2 heterocycles. The largest absolute Gasteiger partial charge is 0.417 e. The molecule has 2 fully saturated rings. The lowest BCUT2D eigenvalue weighted by molar-refractivity contribution is -0.138. The lowest BCUT2D eigenvalue weighted by Crippen LogP contribution is -2.34. The van der Waals surface area contributed by atoms with E-state index >= 15 is 0 Å². The zero-order chi connectivity index (χ0) is 15.9. The predicted octanol–water partition coefficient (Wildman–Crippen LogP) is 2.34.